The van der Waals surface area contributed by atoms with Crippen LogP contribution in [0.4, 0.5) is 0 Å². The normalized spacial score (nSPS) is 13.7. The lowest BCUT2D eigenvalue weighted by Crippen LogP contribution is -2.13. The Morgan fingerprint density at radius 3 is 2.10 bits per heavy atom. The third-order valence-corrected chi connectivity index (χ3v) is 3.85. The molecule has 0 aliphatic heterocycles. The Balaban J connectivity index is 2.03. The van der Waals surface area contributed by atoms with E-state index in [0.717, 1.165) is 18.3 Å². The van der Waals surface area contributed by atoms with Gasteiger partial charge in [0.05, 0.1) is 6.61 Å². The summed E-state index contributed by atoms with van der Waals surface area (Å²) in [7, 11) is 0. The summed E-state index contributed by atoms with van der Waals surface area (Å²) in [4.78, 5) is 0. The summed E-state index contributed by atoms with van der Waals surface area (Å²) < 4.78 is 5.97. The molecule has 2 rings (SSSR count). The first kappa shape index (κ1) is 14.6. The van der Waals surface area contributed by atoms with Crippen LogP contribution >= 0.6 is 0 Å². The second-order valence-electron chi connectivity index (χ2n) is 5.48. The summed E-state index contributed by atoms with van der Waals surface area (Å²) in [6, 6.07) is 20.8. The van der Waals surface area contributed by atoms with Crippen LogP contribution in [0.5, 0.6) is 5.75 Å². The molecule has 1 nitrogen and oxygen atoms in total. The molecule has 20 heavy (non-hydrogen) atoms. The summed E-state index contributed by atoms with van der Waals surface area (Å²) >= 11 is 0. The molecular weight excluding hydrogens is 244 g/mol. The molecule has 0 amide bonds. The maximum Gasteiger partial charge on any atom is 0.119 e. The first-order valence-electron chi connectivity index (χ1n) is 7.52. The molecular formula is C19H24O. The van der Waals surface area contributed by atoms with Crippen LogP contribution in [0.15, 0.2) is 60.7 Å². The van der Waals surface area contributed by atoms with Crippen molar-refractivity contribution < 1.29 is 4.74 Å². The Labute approximate surface area is 122 Å². The monoisotopic (exact) mass is 268 g/mol. The van der Waals surface area contributed by atoms with Gasteiger partial charge in [-0.1, -0.05) is 68.8 Å². The highest BCUT2D eigenvalue weighted by Crippen LogP contribution is 2.26. The third kappa shape index (κ3) is 4.41. The molecule has 0 aliphatic carbocycles. The average molecular weight is 268 g/mol. The minimum Gasteiger partial charge on any atom is -0.493 e. The van der Waals surface area contributed by atoms with Gasteiger partial charge in [0.25, 0.3) is 0 Å². The lowest BCUT2D eigenvalue weighted by atomic mass is 9.89. The SMILES string of the molecule is CCC(C)CC(COc1ccccc1)c1ccccc1. The molecule has 2 aromatic carbocycles. The lowest BCUT2D eigenvalue weighted by Gasteiger charge is -2.21. The summed E-state index contributed by atoms with van der Waals surface area (Å²) in [5.41, 5.74) is 1.38. The Hall–Kier alpha value is -1.76. The lowest BCUT2D eigenvalue weighted by molar-refractivity contribution is 0.265. The van der Waals surface area contributed by atoms with Crippen LogP contribution in [0.25, 0.3) is 0 Å². The Kier molecular flexibility index (Phi) is 5.67. The quantitative estimate of drug-likeness (QED) is 0.663. The smallest absolute Gasteiger partial charge is 0.119 e. The van der Waals surface area contributed by atoms with Crippen molar-refractivity contribution in [3.05, 3.63) is 66.2 Å². The Bertz CT molecular complexity index is 478. The number of benzene rings is 2. The van der Waals surface area contributed by atoms with Crippen LogP contribution in [-0.4, -0.2) is 6.61 Å². The van der Waals surface area contributed by atoms with Crippen molar-refractivity contribution in [3.8, 4) is 5.75 Å². The van der Waals surface area contributed by atoms with Gasteiger partial charge in [-0.15, -0.1) is 0 Å². The molecule has 0 radical (unpaired) electrons. The predicted molar refractivity (Wildman–Crippen MR) is 85.2 cm³/mol. The number of ether oxygens (including phenoxy) is 1. The summed E-state index contributed by atoms with van der Waals surface area (Å²) in [5, 5.41) is 0. The van der Waals surface area contributed by atoms with Gasteiger partial charge in [0.1, 0.15) is 5.75 Å². The van der Waals surface area contributed by atoms with Gasteiger partial charge in [0, 0.05) is 5.92 Å². The maximum atomic E-state index is 5.97. The van der Waals surface area contributed by atoms with Crippen LogP contribution in [0, 0.1) is 5.92 Å². The number of hydrogen-bond donors (Lipinski definition) is 0. The van der Waals surface area contributed by atoms with Crippen molar-refractivity contribution in [2.75, 3.05) is 6.61 Å². The minimum atomic E-state index is 0.464. The third-order valence-electron chi connectivity index (χ3n) is 3.85. The van der Waals surface area contributed by atoms with E-state index in [-0.39, 0.29) is 0 Å². The van der Waals surface area contributed by atoms with Gasteiger partial charge in [0.2, 0.25) is 0 Å². The summed E-state index contributed by atoms with van der Waals surface area (Å²) in [5.74, 6) is 2.14. The van der Waals surface area contributed by atoms with E-state index in [1.807, 2.05) is 30.3 Å². The van der Waals surface area contributed by atoms with Crippen LogP contribution in [0.3, 0.4) is 0 Å². The Morgan fingerprint density at radius 1 is 0.900 bits per heavy atom. The summed E-state index contributed by atoms with van der Waals surface area (Å²) in [6.07, 6.45) is 2.39. The molecule has 0 saturated heterocycles. The first-order chi connectivity index (χ1) is 9.79. The molecule has 0 fully saturated rings. The van der Waals surface area contributed by atoms with E-state index in [4.69, 9.17) is 4.74 Å². The van der Waals surface area contributed by atoms with Crippen LogP contribution < -0.4 is 4.74 Å². The fourth-order valence-corrected chi connectivity index (χ4v) is 2.39. The van der Waals surface area contributed by atoms with Gasteiger partial charge >= 0.3 is 0 Å². The van der Waals surface area contributed by atoms with Crippen molar-refractivity contribution in [1.82, 2.24) is 0 Å². The van der Waals surface area contributed by atoms with E-state index >= 15 is 0 Å². The number of rotatable bonds is 7. The van der Waals surface area contributed by atoms with Gasteiger partial charge in [-0.05, 0) is 30.0 Å². The molecule has 1 heteroatoms. The molecule has 2 atom stereocenters. The second kappa shape index (κ2) is 7.74. The van der Waals surface area contributed by atoms with Crippen LogP contribution in [0.1, 0.15) is 38.2 Å². The zero-order valence-electron chi connectivity index (χ0n) is 12.5. The molecule has 0 saturated carbocycles. The zero-order valence-corrected chi connectivity index (χ0v) is 12.5. The fourth-order valence-electron chi connectivity index (χ4n) is 2.39. The fraction of sp³-hybridized carbons (Fsp3) is 0.368. The van der Waals surface area contributed by atoms with Crippen molar-refractivity contribution >= 4 is 0 Å². The van der Waals surface area contributed by atoms with Gasteiger partial charge in [-0.2, -0.15) is 0 Å². The van der Waals surface area contributed by atoms with Crippen LogP contribution in [0.2, 0.25) is 0 Å². The van der Waals surface area contributed by atoms with Crippen molar-refractivity contribution in [1.29, 1.82) is 0 Å². The molecule has 0 N–H and O–H groups in total. The van der Waals surface area contributed by atoms with Crippen molar-refractivity contribution in [2.24, 2.45) is 5.92 Å². The molecule has 0 spiro atoms. The molecule has 0 aromatic heterocycles. The molecule has 2 unspecified atom stereocenters. The van der Waals surface area contributed by atoms with E-state index in [1.165, 1.54) is 18.4 Å². The zero-order chi connectivity index (χ0) is 14.2. The highest BCUT2D eigenvalue weighted by atomic mass is 16.5. The van der Waals surface area contributed by atoms with Gasteiger partial charge in [0.15, 0.2) is 0 Å². The van der Waals surface area contributed by atoms with Gasteiger partial charge in [-0.25, -0.2) is 0 Å². The van der Waals surface area contributed by atoms with E-state index in [0.29, 0.717) is 5.92 Å². The van der Waals surface area contributed by atoms with Crippen LogP contribution in [-0.2, 0) is 0 Å². The highest BCUT2D eigenvalue weighted by Gasteiger charge is 2.15. The van der Waals surface area contributed by atoms with Crippen molar-refractivity contribution in [2.45, 2.75) is 32.6 Å². The number of hydrogen-bond acceptors (Lipinski definition) is 1. The topological polar surface area (TPSA) is 9.23 Å². The molecule has 0 heterocycles. The molecule has 2 aromatic rings. The van der Waals surface area contributed by atoms with Gasteiger partial charge in [-0.3, -0.25) is 0 Å². The molecule has 0 aliphatic rings. The molecule has 106 valence electrons. The number of para-hydroxylation sites is 1. The predicted octanol–water partition coefficient (Wildman–Crippen LogP) is 5.29. The minimum absolute atomic E-state index is 0.464. The first-order valence-corrected chi connectivity index (χ1v) is 7.52. The van der Waals surface area contributed by atoms with Gasteiger partial charge < -0.3 is 4.74 Å². The van der Waals surface area contributed by atoms with E-state index in [1.54, 1.807) is 0 Å². The summed E-state index contributed by atoms with van der Waals surface area (Å²) in [6.45, 7) is 5.32. The Morgan fingerprint density at radius 2 is 1.50 bits per heavy atom. The van der Waals surface area contributed by atoms with E-state index in [2.05, 4.69) is 44.2 Å². The van der Waals surface area contributed by atoms with Crippen molar-refractivity contribution in [3.63, 3.8) is 0 Å². The standard InChI is InChI=1S/C19H24O/c1-3-16(2)14-18(17-10-6-4-7-11-17)15-20-19-12-8-5-9-13-19/h4-13,16,18H,3,14-15H2,1-2H3. The van der Waals surface area contributed by atoms with E-state index in [9.17, 15) is 0 Å². The highest BCUT2D eigenvalue weighted by molar-refractivity contribution is 5.23. The average Bonchev–Trinajstić information content (AvgIpc) is 2.53. The maximum absolute atomic E-state index is 5.97. The molecule has 0 bridgehead atoms. The van der Waals surface area contributed by atoms with E-state index < -0.39 is 0 Å². The second-order valence-corrected chi connectivity index (χ2v) is 5.48. The largest absolute Gasteiger partial charge is 0.493 e.